The molecule has 0 radical (unpaired) electrons. The lowest BCUT2D eigenvalue weighted by Crippen LogP contribution is -2.31. The molecule has 0 fully saturated rings. The van der Waals surface area contributed by atoms with Gasteiger partial charge in [-0.3, -0.25) is 9.10 Å². The molecule has 0 aromatic heterocycles. The van der Waals surface area contributed by atoms with Gasteiger partial charge in [-0.15, -0.1) is 0 Å². The summed E-state index contributed by atoms with van der Waals surface area (Å²) in [6.45, 7) is 6.14. The number of carbonyl (C=O) groups is 1. The summed E-state index contributed by atoms with van der Waals surface area (Å²) in [4.78, 5) is 13.1. The highest BCUT2D eigenvalue weighted by molar-refractivity contribution is 7.92. The number of hydrogen-bond acceptors (Lipinski definition) is 3. The van der Waals surface area contributed by atoms with Gasteiger partial charge in [0.05, 0.1) is 16.6 Å². The van der Waals surface area contributed by atoms with Crippen LogP contribution in [0.1, 0.15) is 47.8 Å². The number of carbonyl (C=O) groups excluding carboxylic acids is 1. The Morgan fingerprint density at radius 3 is 2.10 bits per heavy atom. The van der Waals surface area contributed by atoms with E-state index in [9.17, 15) is 13.2 Å². The van der Waals surface area contributed by atoms with Crippen molar-refractivity contribution in [2.45, 2.75) is 38.1 Å². The zero-order chi connectivity index (χ0) is 22.4. The normalized spacial score (nSPS) is 12.2. The SMILES string of the molecule is CCC(NC(=O)c1ccc(N(CC)S(=O)(=O)c2ccccc2)cc1)c1ccccc1C. The average molecular weight is 437 g/mol. The second-order valence-electron chi connectivity index (χ2n) is 7.32. The fourth-order valence-electron chi connectivity index (χ4n) is 3.61. The van der Waals surface area contributed by atoms with E-state index in [0.29, 0.717) is 11.3 Å². The Bertz CT molecular complexity index is 1130. The van der Waals surface area contributed by atoms with Crippen LogP contribution in [0.4, 0.5) is 5.69 Å². The van der Waals surface area contributed by atoms with Gasteiger partial charge < -0.3 is 5.32 Å². The summed E-state index contributed by atoms with van der Waals surface area (Å²) in [6, 6.07) is 23.0. The summed E-state index contributed by atoms with van der Waals surface area (Å²) in [6.07, 6.45) is 0.771. The predicted molar refractivity (Wildman–Crippen MR) is 125 cm³/mol. The zero-order valence-corrected chi connectivity index (χ0v) is 18.9. The van der Waals surface area contributed by atoms with Gasteiger partial charge in [-0.1, -0.05) is 49.4 Å². The van der Waals surface area contributed by atoms with E-state index in [-0.39, 0.29) is 23.4 Å². The molecule has 1 unspecified atom stereocenters. The smallest absolute Gasteiger partial charge is 0.264 e. The molecule has 1 atom stereocenters. The van der Waals surface area contributed by atoms with Crippen molar-refractivity contribution in [3.8, 4) is 0 Å². The average Bonchev–Trinajstić information content (AvgIpc) is 2.79. The summed E-state index contributed by atoms with van der Waals surface area (Å²) >= 11 is 0. The summed E-state index contributed by atoms with van der Waals surface area (Å²) in [5.41, 5.74) is 3.24. The van der Waals surface area contributed by atoms with Gasteiger partial charge in [0.15, 0.2) is 0 Å². The third-order valence-electron chi connectivity index (χ3n) is 5.31. The fraction of sp³-hybridized carbons (Fsp3) is 0.240. The van der Waals surface area contributed by atoms with Crippen LogP contribution < -0.4 is 9.62 Å². The largest absolute Gasteiger partial charge is 0.345 e. The van der Waals surface area contributed by atoms with Crippen LogP contribution in [0.3, 0.4) is 0 Å². The topological polar surface area (TPSA) is 66.5 Å². The monoisotopic (exact) mass is 436 g/mol. The van der Waals surface area contributed by atoms with E-state index in [2.05, 4.69) is 5.32 Å². The van der Waals surface area contributed by atoms with E-state index in [1.807, 2.05) is 38.1 Å². The van der Waals surface area contributed by atoms with E-state index < -0.39 is 10.0 Å². The van der Waals surface area contributed by atoms with Crippen molar-refractivity contribution in [2.75, 3.05) is 10.8 Å². The summed E-state index contributed by atoms with van der Waals surface area (Å²) in [7, 11) is -3.67. The quantitative estimate of drug-likeness (QED) is 0.535. The van der Waals surface area contributed by atoms with Crippen molar-refractivity contribution in [3.63, 3.8) is 0 Å². The van der Waals surface area contributed by atoms with E-state index >= 15 is 0 Å². The lowest BCUT2D eigenvalue weighted by atomic mass is 9.99. The molecule has 6 heteroatoms. The summed E-state index contributed by atoms with van der Waals surface area (Å²) < 4.78 is 27.3. The molecule has 3 rings (SSSR count). The van der Waals surface area contributed by atoms with Crippen LogP contribution in [-0.4, -0.2) is 20.9 Å². The molecule has 162 valence electrons. The Morgan fingerprint density at radius 2 is 1.52 bits per heavy atom. The molecule has 0 aliphatic rings. The van der Waals surface area contributed by atoms with Gasteiger partial charge in [0.25, 0.3) is 15.9 Å². The van der Waals surface area contributed by atoms with Crippen molar-refractivity contribution in [1.82, 2.24) is 5.32 Å². The first-order valence-electron chi connectivity index (χ1n) is 10.4. The Morgan fingerprint density at radius 1 is 0.903 bits per heavy atom. The number of nitrogens with one attached hydrogen (secondary N) is 1. The number of sulfonamides is 1. The first-order valence-corrected chi connectivity index (χ1v) is 11.9. The van der Waals surface area contributed by atoms with Crippen LogP contribution in [0.5, 0.6) is 0 Å². The molecule has 5 nitrogen and oxygen atoms in total. The highest BCUT2D eigenvalue weighted by Crippen LogP contribution is 2.25. The maximum Gasteiger partial charge on any atom is 0.264 e. The molecule has 3 aromatic carbocycles. The first-order chi connectivity index (χ1) is 14.9. The Kier molecular flexibility index (Phi) is 7.13. The van der Waals surface area contributed by atoms with Crippen LogP contribution in [-0.2, 0) is 10.0 Å². The molecule has 1 amide bonds. The van der Waals surface area contributed by atoms with E-state index in [0.717, 1.165) is 17.5 Å². The second kappa shape index (κ2) is 9.79. The minimum atomic E-state index is -3.67. The molecule has 1 N–H and O–H groups in total. The number of amides is 1. The number of nitrogens with zero attached hydrogens (tertiary/aromatic N) is 1. The van der Waals surface area contributed by atoms with Gasteiger partial charge in [-0.2, -0.15) is 0 Å². The van der Waals surface area contributed by atoms with Crippen molar-refractivity contribution < 1.29 is 13.2 Å². The van der Waals surface area contributed by atoms with Crippen LogP contribution in [0, 0.1) is 6.92 Å². The molecule has 0 spiro atoms. The molecule has 0 aliphatic carbocycles. The lowest BCUT2D eigenvalue weighted by Gasteiger charge is -2.23. The molecule has 0 aliphatic heterocycles. The van der Waals surface area contributed by atoms with Gasteiger partial charge in [0.1, 0.15) is 0 Å². The molecule has 31 heavy (non-hydrogen) atoms. The first kappa shape index (κ1) is 22.6. The minimum absolute atomic E-state index is 0.0843. The van der Waals surface area contributed by atoms with Crippen molar-refractivity contribution in [2.24, 2.45) is 0 Å². The fourth-order valence-corrected chi connectivity index (χ4v) is 5.10. The number of hydrogen-bond donors (Lipinski definition) is 1. The van der Waals surface area contributed by atoms with E-state index in [1.54, 1.807) is 61.5 Å². The molecular weight excluding hydrogens is 408 g/mol. The lowest BCUT2D eigenvalue weighted by molar-refractivity contribution is 0.0935. The van der Waals surface area contributed by atoms with Gasteiger partial charge in [-0.25, -0.2) is 8.42 Å². The van der Waals surface area contributed by atoms with Gasteiger partial charge in [0, 0.05) is 12.1 Å². The third kappa shape index (κ3) is 4.97. The maximum atomic E-state index is 13.0. The Labute approximate surface area is 184 Å². The van der Waals surface area contributed by atoms with Crippen LogP contribution in [0.2, 0.25) is 0 Å². The van der Waals surface area contributed by atoms with Gasteiger partial charge >= 0.3 is 0 Å². The zero-order valence-electron chi connectivity index (χ0n) is 18.1. The summed E-state index contributed by atoms with van der Waals surface area (Å²) in [5, 5.41) is 3.09. The van der Waals surface area contributed by atoms with Crippen molar-refractivity contribution in [1.29, 1.82) is 0 Å². The summed E-state index contributed by atoms with van der Waals surface area (Å²) in [5.74, 6) is -0.185. The second-order valence-corrected chi connectivity index (χ2v) is 9.18. The van der Waals surface area contributed by atoms with Crippen LogP contribution >= 0.6 is 0 Å². The van der Waals surface area contributed by atoms with Crippen molar-refractivity contribution in [3.05, 3.63) is 95.6 Å². The van der Waals surface area contributed by atoms with Crippen LogP contribution in [0.15, 0.2) is 83.8 Å². The van der Waals surface area contributed by atoms with Crippen LogP contribution in [0.25, 0.3) is 0 Å². The highest BCUT2D eigenvalue weighted by atomic mass is 32.2. The van der Waals surface area contributed by atoms with Crippen molar-refractivity contribution >= 4 is 21.6 Å². The molecule has 3 aromatic rings. The number of benzene rings is 3. The predicted octanol–water partition coefficient (Wildman–Crippen LogP) is 5.09. The van der Waals surface area contributed by atoms with E-state index in [4.69, 9.17) is 0 Å². The van der Waals surface area contributed by atoms with Gasteiger partial charge in [0.2, 0.25) is 0 Å². The number of aryl methyl sites for hydroxylation is 1. The maximum absolute atomic E-state index is 13.0. The molecule has 0 saturated carbocycles. The Hall–Kier alpha value is -3.12. The minimum Gasteiger partial charge on any atom is -0.345 e. The molecule has 0 bridgehead atoms. The highest BCUT2D eigenvalue weighted by Gasteiger charge is 2.23. The third-order valence-corrected chi connectivity index (χ3v) is 7.23. The molecule has 0 heterocycles. The molecule has 0 saturated heterocycles. The van der Waals surface area contributed by atoms with Gasteiger partial charge in [-0.05, 0) is 67.8 Å². The van der Waals surface area contributed by atoms with E-state index in [1.165, 1.54) is 4.31 Å². The number of anilines is 1. The number of rotatable bonds is 8. The Balaban J connectivity index is 1.80. The standard InChI is InChI=1S/C25H28N2O3S/c1-4-24(23-14-10-9-11-19(23)3)26-25(28)20-15-17-21(18-16-20)27(5-2)31(29,30)22-12-7-6-8-13-22/h6-18,24H,4-5H2,1-3H3,(H,26,28). The molecular formula is C25H28N2O3S.